The second kappa shape index (κ2) is 10.5. The number of aryl methyl sites for hydroxylation is 1. The third-order valence-corrected chi connectivity index (χ3v) is 5.25. The molecular formula is C23H28N4O3. The molecule has 1 saturated carbocycles. The highest BCUT2D eigenvalue weighted by atomic mass is 16.2. The average Bonchev–Trinajstić information content (AvgIpc) is 2.77. The molecule has 7 heteroatoms. The van der Waals surface area contributed by atoms with Crippen LogP contribution < -0.4 is 10.6 Å². The Hall–Kier alpha value is -3.22. The molecule has 1 heterocycles. The van der Waals surface area contributed by atoms with Crippen molar-refractivity contribution in [2.24, 2.45) is 0 Å². The molecule has 30 heavy (non-hydrogen) atoms. The van der Waals surface area contributed by atoms with Crippen LogP contribution >= 0.6 is 0 Å². The zero-order valence-electron chi connectivity index (χ0n) is 17.3. The van der Waals surface area contributed by atoms with E-state index < -0.39 is 0 Å². The van der Waals surface area contributed by atoms with E-state index in [9.17, 15) is 14.4 Å². The minimum absolute atomic E-state index is 0.0262. The molecule has 0 unspecified atom stereocenters. The van der Waals surface area contributed by atoms with Crippen molar-refractivity contribution in [2.45, 2.75) is 45.1 Å². The van der Waals surface area contributed by atoms with Crippen LogP contribution in [-0.4, -0.2) is 46.7 Å². The Kier molecular flexibility index (Phi) is 7.54. The topological polar surface area (TPSA) is 91.4 Å². The molecule has 1 fully saturated rings. The first-order valence-electron chi connectivity index (χ1n) is 10.4. The van der Waals surface area contributed by atoms with Gasteiger partial charge in [0.1, 0.15) is 6.54 Å². The number of benzene rings is 1. The van der Waals surface area contributed by atoms with E-state index in [4.69, 9.17) is 0 Å². The van der Waals surface area contributed by atoms with E-state index >= 15 is 0 Å². The Bertz CT molecular complexity index is 879. The van der Waals surface area contributed by atoms with Crippen LogP contribution in [0.1, 0.15) is 48.0 Å². The lowest BCUT2D eigenvalue weighted by atomic mass is 9.93. The number of carbonyl (C=O) groups excluding carboxylic acids is 3. The standard InChI is InChI=1S/C23H28N4O3/c1-17-7-5-9-19(13-17)26-21(28)15-25-22(29)16-27(20-10-3-2-4-11-20)23(30)18-8-6-12-24-14-18/h5-9,12-14,20H,2-4,10-11,15-16H2,1H3,(H,25,29)(H,26,28). The van der Waals surface area contributed by atoms with Crippen molar-refractivity contribution in [1.82, 2.24) is 15.2 Å². The Labute approximate surface area is 176 Å². The number of nitrogens with one attached hydrogen (secondary N) is 2. The summed E-state index contributed by atoms with van der Waals surface area (Å²) in [6.45, 7) is 1.72. The maximum Gasteiger partial charge on any atom is 0.256 e. The smallest absolute Gasteiger partial charge is 0.256 e. The lowest BCUT2D eigenvalue weighted by Gasteiger charge is -2.34. The van der Waals surface area contributed by atoms with E-state index in [0.717, 1.165) is 37.7 Å². The summed E-state index contributed by atoms with van der Waals surface area (Å²) < 4.78 is 0. The Morgan fingerprint density at radius 3 is 2.57 bits per heavy atom. The van der Waals surface area contributed by atoms with E-state index in [1.54, 1.807) is 29.3 Å². The molecule has 1 aliphatic carbocycles. The third kappa shape index (κ3) is 6.14. The fourth-order valence-corrected chi connectivity index (χ4v) is 3.73. The first-order chi connectivity index (χ1) is 14.5. The van der Waals surface area contributed by atoms with Gasteiger partial charge in [0.25, 0.3) is 5.91 Å². The Balaban J connectivity index is 1.58. The summed E-state index contributed by atoms with van der Waals surface area (Å²) in [7, 11) is 0. The van der Waals surface area contributed by atoms with Gasteiger partial charge in [-0.3, -0.25) is 19.4 Å². The molecule has 1 aromatic heterocycles. The van der Waals surface area contributed by atoms with Gasteiger partial charge in [-0.05, 0) is 49.6 Å². The number of hydrogen-bond acceptors (Lipinski definition) is 4. The molecule has 0 saturated heterocycles. The molecule has 158 valence electrons. The number of anilines is 1. The van der Waals surface area contributed by atoms with Gasteiger partial charge in [0.05, 0.1) is 12.1 Å². The molecule has 7 nitrogen and oxygen atoms in total. The molecule has 0 radical (unpaired) electrons. The zero-order valence-corrected chi connectivity index (χ0v) is 17.3. The second-order valence-electron chi connectivity index (χ2n) is 7.66. The van der Waals surface area contributed by atoms with Crippen LogP contribution in [0.4, 0.5) is 5.69 Å². The number of hydrogen-bond donors (Lipinski definition) is 2. The van der Waals surface area contributed by atoms with Crippen molar-refractivity contribution in [3.05, 3.63) is 59.9 Å². The number of amides is 3. The minimum Gasteiger partial charge on any atom is -0.345 e. The summed E-state index contributed by atoms with van der Waals surface area (Å²) >= 11 is 0. The van der Waals surface area contributed by atoms with Gasteiger partial charge in [0.15, 0.2) is 0 Å². The summed E-state index contributed by atoms with van der Waals surface area (Å²) in [5, 5.41) is 5.39. The highest BCUT2D eigenvalue weighted by molar-refractivity contribution is 5.98. The fraction of sp³-hybridized carbons (Fsp3) is 0.391. The van der Waals surface area contributed by atoms with Crippen LogP contribution in [0.2, 0.25) is 0 Å². The molecule has 0 bridgehead atoms. The van der Waals surface area contributed by atoms with Crippen LogP contribution in [0.5, 0.6) is 0 Å². The van der Waals surface area contributed by atoms with Gasteiger partial charge in [-0.25, -0.2) is 0 Å². The van der Waals surface area contributed by atoms with Crippen LogP contribution in [0.3, 0.4) is 0 Å². The maximum atomic E-state index is 13.0. The Morgan fingerprint density at radius 2 is 1.87 bits per heavy atom. The summed E-state index contributed by atoms with van der Waals surface area (Å²) in [5.74, 6) is -0.858. The first-order valence-corrected chi connectivity index (χ1v) is 10.4. The molecule has 1 aromatic carbocycles. The zero-order chi connectivity index (χ0) is 21.3. The number of rotatable bonds is 7. The number of aromatic nitrogens is 1. The molecule has 3 rings (SSSR count). The molecule has 1 aliphatic rings. The van der Waals surface area contributed by atoms with Crippen molar-refractivity contribution in [3.63, 3.8) is 0 Å². The molecule has 3 amide bonds. The predicted molar refractivity (Wildman–Crippen MR) is 115 cm³/mol. The van der Waals surface area contributed by atoms with Gasteiger partial charge in [0, 0.05) is 24.1 Å². The summed E-state index contributed by atoms with van der Waals surface area (Å²) in [6, 6.07) is 10.9. The van der Waals surface area contributed by atoms with Crippen LogP contribution in [-0.2, 0) is 9.59 Å². The summed E-state index contributed by atoms with van der Waals surface area (Å²) in [4.78, 5) is 43.4. The summed E-state index contributed by atoms with van der Waals surface area (Å²) in [5.41, 5.74) is 2.19. The van der Waals surface area contributed by atoms with Crippen molar-refractivity contribution in [1.29, 1.82) is 0 Å². The normalized spacial score (nSPS) is 14.0. The van der Waals surface area contributed by atoms with Gasteiger partial charge in [-0.2, -0.15) is 0 Å². The molecule has 2 aromatic rings. The monoisotopic (exact) mass is 408 g/mol. The average molecular weight is 409 g/mol. The Morgan fingerprint density at radius 1 is 1.07 bits per heavy atom. The quantitative estimate of drug-likeness (QED) is 0.737. The lowest BCUT2D eigenvalue weighted by molar-refractivity contribution is -0.125. The van der Waals surface area contributed by atoms with E-state index in [0.29, 0.717) is 11.3 Å². The lowest BCUT2D eigenvalue weighted by Crippen LogP contribution is -2.48. The fourth-order valence-electron chi connectivity index (χ4n) is 3.73. The van der Waals surface area contributed by atoms with Crippen molar-refractivity contribution < 1.29 is 14.4 Å². The van der Waals surface area contributed by atoms with Gasteiger partial charge >= 0.3 is 0 Å². The predicted octanol–water partition coefficient (Wildman–Crippen LogP) is 2.92. The number of pyridine rings is 1. The summed E-state index contributed by atoms with van der Waals surface area (Å²) in [6.07, 6.45) is 8.13. The highest BCUT2D eigenvalue weighted by Crippen LogP contribution is 2.24. The van der Waals surface area contributed by atoms with Gasteiger partial charge in [-0.1, -0.05) is 31.4 Å². The number of carbonyl (C=O) groups is 3. The number of nitrogens with zero attached hydrogens (tertiary/aromatic N) is 2. The highest BCUT2D eigenvalue weighted by Gasteiger charge is 2.28. The SMILES string of the molecule is Cc1cccc(NC(=O)CNC(=O)CN(C(=O)c2cccnc2)C2CCCCC2)c1. The van der Waals surface area contributed by atoms with Gasteiger partial charge < -0.3 is 15.5 Å². The van der Waals surface area contributed by atoms with Crippen molar-refractivity contribution >= 4 is 23.4 Å². The molecule has 2 N–H and O–H groups in total. The maximum absolute atomic E-state index is 13.0. The molecular weight excluding hydrogens is 380 g/mol. The van der Waals surface area contributed by atoms with Crippen LogP contribution in [0.15, 0.2) is 48.8 Å². The van der Waals surface area contributed by atoms with Gasteiger partial charge in [0.2, 0.25) is 11.8 Å². The van der Waals surface area contributed by atoms with Crippen LogP contribution in [0.25, 0.3) is 0 Å². The van der Waals surface area contributed by atoms with Crippen molar-refractivity contribution in [3.8, 4) is 0 Å². The van der Waals surface area contributed by atoms with Crippen LogP contribution in [0, 0.1) is 6.92 Å². The molecule has 0 aliphatic heterocycles. The van der Waals surface area contributed by atoms with Crippen molar-refractivity contribution in [2.75, 3.05) is 18.4 Å². The third-order valence-electron chi connectivity index (χ3n) is 5.25. The van der Waals surface area contributed by atoms with E-state index in [-0.39, 0.29) is 36.9 Å². The van der Waals surface area contributed by atoms with E-state index in [1.807, 2.05) is 25.1 Å². The van der Waals surface area contributed by atoms with E-state index in [1.165, 1.54) is 6.20 Å². The second-order valence-corrected chi connectivity index (χ2v) is 7.66. The molecule has 0 atom stereocenters. The van der Waals surface area contributed by atoms with E-state index in [2.05, 4.69) is 15.6 Å². The first kappa shape index (κ1) is 21.5. The van der Waals surface area contributed by atoms with Gasteiger partial charge in [-0.15, -0.1) is 0 Å². The minimum atomic E-state index is -0.350. The molecule has 0 spiro atoms. The largest absolute Gasteiger partial charge is 0.345 e.